The number of anilines is 1. The van der Waals surface area contributed by atoms with E-state index in [2.05, 4.69) is 42.6 Å². The Morgan fingerprint density at radius 2 is 2.00 bits per heavy atom. The molecule has 0 radical (unpaired) electrons. The standard InChI is InChI=1S/C18H25N7S/c1-12-10-26-17-16(12)20-11-21-18(17)24-7-4-15(5-8-24)19-6-9-25-14(3)22-13(2)23-25/h10-11,15,19H,4-9H2,1-3H3. The maximum Gasteiger partial charge on any atom is 0.150 e. The molecule has 0 unspecified atom stereocenters. The minimum atomic E-state index is 0.554. The molecular weight excluding hydrogens is 346 g/mol. The summed E-state index contributed by atoms with van der Waals surface area (Å²) < 4.78 is 3.20. The van der Waals surface area contributed by atoms with Crippen LogP contribution in [0.4, 0.5) is 5.82 Å². The number of nitrogens with zero attached hydrogens (tertiary/aromatic N) is 6. The quantitative estimate of drug-likeness (QED) is 0.743. The van der Waals surface area contributed by atoms with Crippen LogP contribution in [0.3, 0.4) is 0 Å². The first-order valence-corrected chi connectivity index (χ1v) is 10.0. The largest absolute Gasteiger partial charge is 0.355 e. The van der Waals surface area contributed by atoms with E-state index in [9.17, 15) is 0 Å². The van der Waals surface area contributed by atoms with E-state index in [0.717, 1.165) is 62.0 Å². The number of thiophene rings is 1. The summed E-state index contributed by atoms with van der Waals surface area (Å²) in [5, 5.41) is 10.3. The van der Waals surface area contributed by atoms with Gasteiger partial charge in [-0.25, -0.2) is 19.6 Å². The Morgan fingerprint density at radius 1 is 1.19 bits per heavy atom. The second kappa shape index (κ2) is 7.28. The van der Waals surface area contributed by atoms with Gasteiger partial charge in [0.1, 0.15) is 23.8 Å². The molecule has 3 aromatic heterocycles. The van der Waals surface area contributed by atoms with Crippen LogP contribution in [0.2, 0.25) is 0 Å². The van der Waals surface area contributed by atoms with Gasteiger partial charge in [0.25, 0.3) is 0 Å². The van der Waals surface area contributed by atoms with Crippen LogP contribution in [-0.2, 0) is 6.54 Å². The molecule has 1 saturated heterocycles. The summed E-state index contributed by atoms with van der Waals surface area (Å²) in [6.45, 7) is 9.91. The van der Waals surface area contributed by atoms with Crippen molar-refractivity contribution >= 4 is 27.4 Å². The lowest BCUT2D eigenvalue weighted by molar-refractivity contribution is 0.399. The van der Waals surface area contributed by atoms with Crippen LogP contribution in [-0.4, -0.2) is 50.4 Å². The predicted octanol–water partition coefficient (Wildman–Crippen LogP) is 2.47. The van der Waals surface area contributed by atoms with Crippen molar-refractivity contribution in [2.24, 2.45) is 0 Å². The van der Waals surface area contributed by atoms with Gasteiger partial charge < -0.3 is 10.2 Å². The van der Waals surface area contributed by atoms with Gasteiger partial charge in [0.2, 0.25) is 0 Å². The van der Waals surface area contributed by atoms with Crippen molar-refractivity contribution in [3.8, 4) is 0 Å². The highest BCUT2D eigenvalue weighted by Gasteiger charge is 2.22. The molecule has 8 heteroatoms. The highest BCUT2D eigenvalue weighted by atomic mass is 32.1. The third-order valence-electron chi connectivity index (χ3n) is 5.03. The zero-order chi connectivity index (χ0) is 18.1. The van der Waals surface area contributed by atoms with Crippen molar-refractivity contribution in [2.75, 3.05) is 24.5 Å². The molecule has 1 aliphatic heterocycles. The van der Waals surface area contributed by atoms with Gasteiger partial charge >= 0.3 is 0 Å². The van der Waals surface area contributed by atoms with Crippen molar-refractivity contribution in [2.45, 2.75) is 46.2 Å². The van der Waals surface area contributed by atoms with E-state index in [4.69, 9.17) is 0 Å². The minimum absolute atomic E-state index is 0.554. The molecule has 138 valence electrons. The number of aromatic nitrogens is 5. The predicted molar refractivity (Wildman–Crippen MR) is 105 cm³/mol. The van der Waals surface area contributed by atoms with E-state index in [1.807, 2.05) is 18.5 Å². The van der Waals surface area contributed by atoms with E-state index in [-0.39, 0.29) is 0 Å². The van der Waals surface area contributed by atoms with Gasteiger partial charge in [-0.15, -0.1) is 11.3 Å². The van der Waals surface area contributed by atoms with Crippen molar-refractivity contribution in [1.29, 1.82) is 0 Å². The molecule has 4 rings (SSSR count). The average Bonchev–Trinajstić information content (AvgIpc) is 3.18. The molecule has 0 bridgehead atoms. The Labute approximate surface area is 157 Å². The van der Waals surface area contributed by atoms with Gasteiger partial charge in [0.05, 0.1) is 16.8 Å². The fourth-order valence-electron chi connectivity index (χ4n) is 3.63. The van der Waals surface area contributed by atoms with Crippen molar-refractivity contribution < 1.29 is 0 Å². The van der Waals surface area contributed by atoms with Crippen LogP contribution in [0.25, 0.3) is 10.2 Å². The van der Waals surface area contributed by atoms with Crippen LogP contribution < -0.4 is 10.2 Å². The Balaban J connectivity index is 1.32. The van der Waals surface area contributed by atoms with Gasteiger partial charge in [-0.3, -0.25) is 0 Å². The van der Waals surface area contributed by atoms with E-state index < -0.39 is 0 Å². The highest BCUT2D eigenvalue weighted by Crippen LogP contribution is 2.32. The number of rotatable bonds is 5. The first kappa shape index (κ1) is 17.4. The number of hydrogen-bond donors (Lipinski definition) is 1. The molecule has 1 aliphatic rings. The molecule has 0 amide bonds. The lowest BCUT2D eigenvalue weighted by Gasteiger charge is -2.33. The summed E-state index contributed by atoms with van der Waals surface area (Å²) in [5.74, 6) is 2.93. The summed E-state index contributed by atoms with van der Waals surface area (Å²) in [7, 11) is 0. The summed E-state index contributed by atoms with van der Waals surface area (Å²) in [6.07, 6.45) is 3.96. The van der Waals surface area contributed by atoms with Crippen LogP contribution >= 0.6 is 11.3 Å². The van der Waals surface area contributed by atoms with Crippen molar-refractivity contribution in [3.05, 3.63) is 28.9 Å². The number of hydrogen-bond acceptors (Lipinski definition) is 7. The van der Waals surface area contributed by atoms with Gasteiger partial charge in [-0.05, 0) is 44.6 Å². The Hall–Kier alpha value is -2.06. The molecule has 0 atom stereocenters. The molecule has 4 heterocycles. The maximum atomic E-state index is 4.57. The fraction of sp³-hybridized carbons (Fsp3) is 0.556. The molecule has 0 spiro atoms. The third-order valence-corrected chi connectivity index (χ3v) is 6.11. The summed E-state index contributed by atoms with van der Waals surface area (Å²) in [5.41, 5.74) is 2.34. The number of aryl methyl sites for hydroxylation is 3. The van der Waals surface area contributed by atoms with Crippen LogP contribution in [0, 0.1) is 20.8 Å². The van der Waals surface area contributed by atoms with Gasteiger partial charge in [-0.2, -0.15) is 5.10 Å². The molecular formula is C18H25N7S. The molecule has 7 nitrogen and oxygen atoms in total. The number of piperidine rings is 1. The lowest BCUT2D eigenvalue weighted by atomic mass is 10.1. The Morgan fingerprint density at radius 3 is 2.73 bits per heavy atom. The average molecular weight is 372 g/mol. The zero-order valence-corrected chi connectivity index (χ0v) is 16.4. The van der Waals surface area contributed by atoms with E-state index in [0.29, 0.717) is 6.04 Å². The SMILES string of the molecule is Cc1nc(C)n(CCNC2CCN(c3ncnc4c(C)csc34)CC2)n1. The zero-order valence-electron chi connectivity index (χ0n) is 15.6. The van der Waals surface area contributed by atoms with Crippen LogP contribution in [0.1, 0.15) is 30.1 Å². The lowest BCUT2D eigenvalue weighted by Crippen LogP contribution is -2.43. The minimum Gasteiger partial charge on any atom is -0.355 e. The van der Waals surface area contributed by atoms with E-state index >= 15 is 0 Å². The van der Waals surface area contributed by atoms with Crippen LogP contribution in [0.15, 0.2) is 11.7 Å². The molecule has 3 aromatic rings. The highest BCUT2D eigenvalue weighted by molar-refractivity contribution is 7.18. The topological polar surface area (TPSA) is 71.8 Å². The van der Waals surface area contributed by atoms with Gasteiger partial charge in [0.15, 0.2) is 0 Å². The smallest absolute Gasteiger partial charge is 0.150 e. The first-order chi connectivity index (χ1) is 12.6. The second-order valence-electron chi connectivity index (χ2n) is 6.94. The summed E-state index contributed by atoms with van der Waals surface area (Å²) >= 11 is 1.75. The Kier molecular flexibility index (Phi) is 4.86. The second-order valence-corrected chi connectivity index (χ2v) is 7.82. The van der Waals surface area contributed by atoms with Crippen molar-refractivity contribution in [3.63, 3.8) is 0 Å². The third kappa shape index (κ3) is 3.43. The molecule has 0 aliphatic carbocycles. The number of nitrogens with one attached hydrogen (secondary N) is 1. The molecule has 1 N–H and O–H groups in total. The van der Waals surface area contributed by atoms with Gasteiger partial charge in [0, 0.05) is 25.7 Å². The van der Waals surface area contributed by atoms with E-state index in [1.165, 1.54) is 10.3 Å². The molecule has 26 heavy (non-hydrogen) atoms. The fourth-order valence-corrected chi connectivity index (χ4v) is 4.64. The van der Waals surface area contributed by atoms with Crippen LogP contribution in [0.5, 0.6) is 0 Å². The first-order valence-electron chi connectivity index (χ1n) is 9.17. The summed E-state index contributed by atoms with van der Waals surface area (Å²) in [6, 6.07) is 0.554. The van der Waals surface area contributed by atoms with Crippen molar-refractivity contribution in [1.82, 2.24) is 30.0 Å². The maximum absolute atomic E-state index is 4.57. The summed E-state index contributed by atoms with van der Waals surface area (Å²) in [4.78, 5) is 15.8. The monoisotopic (exact) mass is 371 g/mol. The Bertz CT molecular complexity index is 892. The van der Waals surface area contributed by atoms with Gasteiger partial charge in [-0.1, -0.05) is 0 Å². The normalized spacial score (nSPS) is 15.9. The molecule has 0 saturated carbocycles. The molecule has 1 fully saturated rings. The molecule has 0 aromatic carbocycles. The number of fused-ring (bicyclic) bond motifs is 1. The van der Waals surface area contributed by atoms with E-state index in [1.54, 1.807) is 17.7 Å².